The van der Waals surface area contributed by atoms with Crippen molar-refractivity contribution in [3.8, 4) is 10.6 Å². The summed E-state index contributed by atoms with van der Waals surface area (Å²) < 4.78 is 10.1. The third-order valence-corrected chi connectivity index (χ3v) is 3.98. The Bertz CT molecular complexity index is 752. The Kier molecular flexibility index (Phi) is 4.03. The lowest BCUT2D eigenvalue weighted by molar-refractivity contribution is 0.0432. The fraction of sp³-hybridized carbons (Fsp3) is 0.0667. The minimum absolute atomic E-state index is 0.0977. The van der Waals surface area contributed by atoms with E-state index in [2.05, 4.69) is 4.98 Å². The van der Waals surface area contributed by atoms with E-state index in [-0.39, 0.29) is 12.4 Å². The molecular formula is C15H10ClNO3S. The van der Waals surface area contributed by atoms with Crippen molar-refractivity contribution >= 4 is 28.9 Å². The van der Waals surface area contributed by atoms with Crippen molar-refractivity contribution in [2.75, 3.05) is 0 Å². The molecule has 0 N–H and O–H groups in total. The molecule has 106 valence electrons. The third-order valence-electron chi connectivity index (χ3n) is 2.73. The lowest BCUT2D eigenvalue weighted by Crippen LogP contribution is -2.04. The number of rotatable bonds is 4. The topological polar surface area (TPSA) is 52.3 Å². The molecule has 0 aliphatic rings. The lowest BCUT2D eigenvalue weighted by atomic mass is 10.2. The Hall–Kier alpha value is -2.11. The second-order valence-corrected chi connectivity index (χ2v) is 5.44. The summed E-state index contributed by atoms with van der Waals surface area (Å²) in [7, 11) is 0. The van der Waals surface area contributed by atoms with E-state index in [0.717, 1.165) is 10.6 Å². The molecule has 4 nitrogen and oxygen atoms in total. The van der Waals surface area contributed by atoms with E-state index >= 15 is 0 Å². The van der Waals surface area contributed by atoms with Crippen LogP contribution < -0.4 is 0 Å². The van der Waals surface area contributed by atoms with Crippen molar-refractivity contribution in [1.29, 1.82) is 0 Å². The van der Waals surface area contributed by atoms with Gasteiger partial charge in [-0.05, 0) is 18.2 Å². The zero-order valence-electron chi connectivity index (χ0n) is 10.8. The summed E-state index contributed by atoms with van der Waals surface area (Å²) in [4.78, 5) is 16.1. The normalized spacial score (nSPS) is 10.5. The van der Waals surface area contributed by atoms with Crippen LogP contribution in [0.5, 0.6) is 0 Å². The van der Waals surface area contributed by atoms with E-state index in [1.807, 2.05) is 29.6 Å². The maximum absolute atomic E-state index is 11.6. The van der Waals surface area contributed by atoms with Crippen LogP contribution in [0.15, 0.2) is 52.5 Å². The van der Waals surface area contributed by atoms with Gasteiger partial charge < -0.3 is 9.15 Å². The van der Waals surface area contributed by atoms with Gasteiger partial charge in [0, 0.05) is 10.9 Å². The highest BCUT2D eigenvalue weighted by Crippen LogP contribution is 2.30. The molecule has 0 aliphatic heterocycles. The van der Waals surface area contributed by atoms with Crippen LogP contribution in [0.4, 0.5) is 0 Å². The van der Waals surface area contributed by atoms with Gasteiger partial charge in [-0.3, -0.25) is 0 Å². The highest BCUT2D eigenvalue weighted by Gasteiger charge is 2.12. The third kappa shape index (κ3) is 3.15. The molecule has 0 spiro atoms. The molecular weight excluding hydrogens is 310 g/mol. The van der Waals surface area contributed by atoms with E-state index in [4.69, 9.17) is 20.8 Å². The van der Waals surface area contributed by atoms with Crippen LogP contribution in [0.1, 0.15) is 16.2 Å². The Morgan fingerprint density at radius 1 is 1.29 bits per heavy atom. The number of esters is 1. The molecule has 6 heteroatoms. The van der Waals surface area contributed by atoms with Gasteiger partial charge >= 0.3 is 5.97 Å². The lowest BCUT2D eigenvalue weighted by Gasteiger charge is -2.00. The second kappa shape index (κ2) is 6.11. The van der Waals surface area contributed by atoms with Gasteiger partial charge in [-0.1, -0.05) is 29.8 Å². The molecule has 0 radical (unpaired) electrons. The molecule has 0 atom stereocenters. The number of aromatic nitrogens is 1. The van der Waals surface area contributed by atoms with Gasteiger partial charge in [0.1, 0.15) is 11.6 Å². The number of ether oxygens (including phenoxy) is 1. The predicted molar refractivity (Wildman–Crippen MR) is 80.4 cm³/mol. The summed E-state index contributed by atoms with van der Waals surface area (Å²) in [5.41, 5.74) is 1.54. The number of hydrogen-bond donors (Lipinski definition) is 0. The van der Waals surface area contributed by atoms with Crippen LogP contribution in [-0.4, -0.2) is 11.0 Å². The van der Waals surface area contributed by atoms with Crippen LogP contribution in [0.2, 0.25) is 5.02 Å². The first-order chi connectivity index (χ1) is 10.2. The summed E-state index contributed by atoms with van der Waals surface area (Å²) in [6.07, 6.45) is 1.43. The van der Waals surface area contributed by atoms with Crippen LogP contribution in [0.25, 0.3) is 10.6 Å². The zero-order chi connectivity index (χ0) is 14.7. The summed E-state index contributed by atoms with van der Waals surface area (Å²) in [5.74, 6) is -0.330. The van der Waals surface area contributed by atoms with E-state index < -0.39 is 5.97 Å². The number of carbonyl (C=O) groups excluding carboxylic acids is 1. The summed E-state index contributed by atoms with van der Waals surface area (Å²) in [5, 5.41) is 3.28. The first-order valence-electron chi connectivity index (χ1n) is 6.14. The Morgan fingerprint density at radius 3 is 2.90 bits per heavy atom. The Balaban J connectivity index is 1.69. The van der Waals surface area contributed by atoms with Crippen LogP contribution in [0, 0.1) is 0 Å². The van der Waals surface area contributed by atoms with Crippen molar-refractivity contribution < 1.29 is 13.9 Å². The van der Waals surface area contributed by atoms with Gasteiger partial charge in [0.2, 0.25) is 5.76 Å². The van der Waals surface area contributed by atoms with Gasteiger partial charge in [0.15, 0.2) is 0 Å². The zero-order valence-corrected chi connectivity index (χ0v) is 12.4. The highest BCUT2D eigenvalue weighted by molar-refractivity contribution is 7.13. The van der Waals surface area contributed by atoms with Gasteiger partial charge in [0.25, 0.3) is 0 Å². The fourth-order valence-corrected chi connectivity index (χ4v) is 2.86. The van der Waals surface area contributed by atoms with E-state index in [9.17, 15) is 4.79 Å². The van der Waals surface area contributed by atoms with Gasteiger partial charge in [-0.25, -0.2) is 9.78 Å². The first-order valence-corrected chi connectivity index (χ1v) is 7.40. The monoisotopic (exact) mass is 319 g/mol. The Labute approximate surface area is 130 Å². The highest BCUT2D eigenvalue weighted by atomic mass is 35.5. The van der Waals surface area contributed by atoms with Crippen LogP contribution >= 0.6 is 22.9 Å². The SMILES string of the molecule is O=C(OCc1csc(-c2ccccc2Cl)n1)c1ccco1. The number of nitrogens with zero attached hydrogens (tertiary/aromatic N) is 1. The average Bonchev–Trinajstić information content (AvgIpc) is 3.17. The molecule has 3 rings (SSSR count). The van der Waals surface area contributed by atoms with E-state index in [0.29, 0.717) is 10.7 Å². The predicted octanol–water partition coefficient (Wildman–Crippen LogP) is 4.41. The number of furan rings is 1. The van der Waals surface area contributed by atoms with Gasteiger partial charge in [-0.15, -0.1) is 11.3 Å². The van der Waals surface area contributed by atoms with Crippen molar-refractivity contribution in [2.24, 2.45) is 0 Å². The van der Waals surface area contributed by atoms with Crippen molar-refractivity contribution in [1.82, 2.24) is 4.98 Å². The van der Waals surface area contributed by atoms with Gasteiger partial charge in [0.05, 0.1) is 17.0 Å². The largest absolute Gasteiger partial charge is 0.457 e. The van der Waals surface area contributed by atoms with E-state index in [1.54, 1.807) is 12.1 Å². The summed E-state index contributed by atoms with van der Waals surface area (Å²) in [6.45, 7) is 0.0977. The molecule has 0 saturated carbocycles. The number of hydrogen-bond acceptors (Lipinski definition) is 5. The molecule has 0 amide bonds. The van der Waals surface area contributed by atoms with Crippen molar-refractivity contribution in [3.63, 3.8) is 0 Å². The number of thiazole rings is 1. The molecule has 0 saturated heterocycles. The molecule has 0 fully saturated rings. The van der Waals surface area contributed by atoms with Crippen LogP contribution in [0.3, 0.4) is 0 Å². The molecule has 0 aliphatic carbocycles. The molecule has 3 aromatic rings. The number of benzene rings is 1. The van der Waals surface area contributed by atoms with E-state index in [1.165, 1.54) is 17.6 Å². The molecule has 2 aromatic heterocycles. The minimum atomic E-state index is -0.507. The maximum Gasteiger partial charge on any atom is 0.374 e. The molecule has 1 aromatic carbocycles. The molecule has 0 unspecified atom stereocenters. The fourth-order valence-electron chi connectivity index (χ4n) is 1.74. The Morgan fingerprint density at radius 2 is 2.14 bits per heavy atom. The summed E-state index contributed by atoms with van der Waals surface area (Å²) >= 11 is 7.59. The maximum atomic E-state index is 11.6. The summed E-state index contributed by atoms with van der Waals surface area (Å²) in [6, 6.07) is 10.7. The van der Waals surface area contributed by atoms with Crippen LogP contribution in [-0.2, 0) is 11.3 Å². The number of halogens is 1. The van der Waals surface area contributed by atoms with Gasteiger partial charge in [-0.2, -0.15) is 0 Å². The van der Waals surface area contributed by atoms with Crippen molar-refractivity contribution in [3.05, 3.63) is 64.5 Å². The first kappa shape index (κ1) is 13.9. The number of carbonyl (C=O) groups is 1. The molecule has 2 heterocycles. The van der Waals surface area contributed by atoms with Crippen molar-refractivity contribution in [2.45, 2.75) is 6.61 Å². The molecule has 21 heavy (non-hydrogen) atoms. The second-order valence-electron chi connectivity index (χ2n) is 4.18. The quantitative estimate of drug-likeness (QED) is 0.668. The average molecular weight is 320 g/mol. The molecule has 0 bridgehead atoms. The smallest absolute Gasteiger partial charge is 0.374 e. The standard InChI is InChI=1S/C15H10ClNO3S/c16-12-5-2-1-4-11(12)14-17-10(9-21-14)8-20-15(18)13-6-3-7-19-13/h1-7,9H,8H2. The minimum Gasteiger partial charge on any atom is -0.457 e.